The Balaban J connectivity index is 2.57. The van der Waals surface area contributed by atoms with Crippen molar-refractivity contribution < 1.29 is 14.3 Å². The minimum atomic E-state index is -0.356. The van der Waals surface area contributed by atoms with E-state index in [1.807, 2.05) is 0 Å². The number of Topliss-reactive ketones (excluding diaryl/α,β-unsaturated/α-hetero) is 1. The van der Waals surface area contributed by atoms with Crippen LogP contribution in [0.5, 0.6) is 0 Å². The average molecular weight is 140 g/mol. The SMILES string of the molecule is C=C1C(=O)CCC1OC=O. The summed E-state index contributed by atoms with van der Waals surface area (Å²) in [5.41, 5.74) is 0.423. The van der Waals surface area contributed by atoms with Crippen molar-refractivity contribution in [2.75, 3.05) is 0 Å². The second-order valence-corrected chi connectivity index (χ2v) is 2.21. The average Bonchev–Trinajstić information content (AvgIpc) is 2.20. The molecule has 3 heteroatoms. The molecule has 0 spiro atoms. The molecule has 10 heavy (non-hydrogen) atoms. The van der Waals surface area contributed by atoms with E-state index >= 15 is 0 Å². The molecule has 0 radical (unpaired) electrons. The summed E-state index contributed by atoms with van der Waals surface area (Å²) < 4.78 is 4.58. The van der Waals surface area contributed by atoms with Crippen LogP contribution in [0.3, 0.4) is 0 Å². The van der Waals surface area contributed by atoms with Crippen LogP contribution in [0.2, 0.25) is 0 Å². The molecule has 0 aromatic heterocycles. The molecule has 1 atom stereocenters. The van der Waals surface area contributed by atoms with Gasteiger partial charge < -0.3 is 4.74 Å². The molecule has 1 aliphatic carbocycles. The van der Waals surface area contributed by atoms with E-state index in [2.05, 4.69) is 11.3 Å². The smallest absolute Gasteiger partial charge is 0.293 e. The van der Waals surface area contributed by atoms with Crippen LogP contribution in [0.25, 0.3) is 0 Å². The highest BCUT2D eigenvalue weighted by Crippen LogP contribution is 2.21. The van der Waals surface area contributed by atoms with Crippen molar-refractivity contribution >= 4 is 12.3 Å². The van der Waals surface area contributed by atoms with E-state index < -0.39 is 0 Å². The first kappa shape index (κ1) is 6.99. The van der Waals surface area contributed by atoms with Crippen molar-refractivity contribution in [1.82, 2.24) is 0 Å². The van der Waals surface area contributed by atoms with Crippen molar-refractivity contribution in [1.29, 1.82) is 0 Å². The Hall–Kier alpha value is -1.12. The lowest BCUT2D eigenvalue weighted by Crippen LogP contribution is -2.09. The van der Waals surface area contributed by atoms with Crippen LogP contribution in [-0.2, 0) is 14.3 Å². The van der Waals surface area contributed by atoms with Crippen molar-refractivity contribution in [2.45, 2.75) is 18.9 Å². The molecule has 0 bridgehead atoms. The lowest BCUT2D eigenvalue weighted by atomic mass is 10.2. The molecule has 54 valence electrons. The van der Waals surface area contributed by atoms with Crippen molar-refractivity contribution in [3.8, 4) is 0 Å². The third kappa shape index (κ3) is 1.07. The summed E-state index contributed by atoms with van der Waals surface area (Å²) in [4.78, 5) is 20.6. The topological polar surface area (TPSA) is 43.4 Å². The van der Waals surface area contributed by atoms with Gasteiger partial charge in [-0.05, 0) is 6.42 Å². The minimum absolute atomic E-state index is 0.00634. The third-order valence-corrected chi connectivity index (χ3v) is 1.60. The number of ketones is 1. The van der Waals surface area contributed by atoms with Gasteiger partial charge in [-0.2, -0.15) is 0 Å². The fraction of sp³-hybridized carbons (Fsp3) is 0.429. The van der Waals surface area contributed by atoms with Gasteiger partial charge in [-0.15, -0.1) is 0 Å². The summed E-state index contributed by atoms with van der Waals surface area (Å²) in [6, 6.07) is 0. The number of hydrogen-bond acceptors (Lipinski definition) is 3. The fourth-order valence-corrected chi connectivity index (χ4v) is 0.994. The van der Waals surface area contributed by atoms with Crippen LogP contribution < -0.4 is 0 Å². The number of rotatable bonds is 2. The molecular formula is C7H8O3. The second kappa shape index (κ2) is 2.64. The molecule has 1 saturated carbocycles. The predicted octanol–water partition coefficient (Wildman–Crippen LogP) is 0.447. The first-order valence-corrected chi connectivity index (χ1v) is 3.07. The molecule has 0 aromatic rings. The minimum Gasteiger partial charge on any atom is -0.460 e. The fourth-order valence-electron chi connectivity index (χ4n) is 0.994. The highest BCUT2D eigenvalue weighted by Gasteiger charge is 2.27. The zero-order chi connectivity index (χ0) is 7.56. The Bertz CT molecular complexity index is 183. The van der Waals surface area contributed by atoms with Crippen LogP contribution in [0.4, 0.5) is 0 Å². The monoisotopic (exact) mass is 140 g/mol. The van der Waals surface area contributed by atoms with Gasteiger partial charge >= 0.3 is 0 Å². The summed E-state index contributed by atoms with van der Waals surface area (Å²) in [5.74, 6) is 0.00634. The number of ether oxygens (including phenoxy) is 1. The standard InChI is InChI=1S/C7H8O3/c1-5-6(9)2-3-7(5)10-4-8/h4,7H,1-3H2. The highest BCUT2D eigenvalue weighted by atomic mass is 16.5. The predicted molar refractivity (Wildman–Crippen MR) is 34.3 cm³/mol. The summed E-state index contributed by atoms with van der Waals surface area (Å²) >= 11 is 0. The first-order chi connectivity index (χ1) is 4.75. The molecule has 1 aliphatic rings. The van der Waals surface area contributed by atoms with Gasteiger partial charge in [-0.3, -0.25) is 9.59 Å². The van der Waals surface area contributed by atoms with Crippen LogP contribution in [-0.4, -0.2) is 18.4 Å². The first-order valence-electron chi connectivity index (χ1n) is 3.07. The quantitative estimate of drug-likeness (QED) is 0.413. The summed E-state index contributed by atoms with van der Waals surface area (Å²) in [7, 11) is 0. The zero-order valence-corrected chi connectivity index (χ0v) is 5.50. The number of carbonyl (C=O) groups is 2. The molecule has 1 unspecified atom stereocenters. The van der Waals surface area contributed by atoms with Gasteiger partial charge in [0, 0.05) is 12.0 Å². The molecule has 0 amide bonds. The van der Waals surface area contributed by atoms with Gasteiger partial charge in [0.2, 0.25) is 0 Å². The summed E-state index contributed by atoms with van der Waals surface area (Å²) in [6.07, 6.45) is 0.693. The van der Waals surface area contributed by atoms with Gasteiger partial charge in [0.25, 0.3) is 6.47 Å². The molecule has 0 saturated heterocycles. The van der Waals surface area contributed by atoms with Crippen LogP contribution in [0.1, 0.15) is 12.8 Å². The van der Waals surface area contributed by atoms with E-state index in [1.165, 1.54) is 0 Å². The summed E-state index contributed by atoms with van der Waals surface area (Å²) in [6.45, 7) is 3.86. The molecular weight excluding hydrogens is 132 g/mol. The van der Waals surface area contributed by atoms with Gasteiger partial charge in [0.1, 0.15) is 6.10 Å². The van der Waals surface area contributed by atoms with Gasteiger partial charge in [0.15, 0.2) is 5.78 Å². The van der Waals surface area contributed by atoms with Gasteiger partial charge in [-0.1, -0.05) is 6.58 Å². The molecule has 0 N–H and O–H groups in total. The van der Waals surface area contributed by atoms with Crippen LogP contribution >= 0.6 is 0 Å². The zero-order valence-electron chi connectivity index (χ0n) is 5.50. The summed E-state index contributed by atoms with van der Waals surface area (Å²) in [5, 5.41) is 0. The van der Waals surface area contributed by atoms with E-state index in [4.69, 9.17) is 0 Å². The molecule has 0 aliphatic heterocycles. The Morgan fingerprint density at radius 1 is 1.70 bits per heavy atom. The number of hydrogen-bond donors (Lipinski definition) is 0. The van der Waals surface area contributed by atoms with Crippen LogP contribution in [0, 0.1) is 0 Å². The Morgan fingerprint density at radius 3 is 2.80 bits per heavy atom. The maximum absolute atomic E-state index is 10.8. The van der Waals surface area contributed by atoms with Crippen molar-refractivity contribution in [3.63, 3.8) is 0 Å². The Morgan fingerprint density at radius 2 is 2.40 bits per heavy atom. The van der Waals surface area contributed by atoms with Gasteiger partial charge in [0.05, 0.1) is 0 Å². The molecule has 1 rings (SSSR count). The molecule has 0 aromatic carbocycles. The van der Waals surface area contributed by atoms with E-state index in [-0.39, 0.29) is 11.9 Å². The lowest BCUT2D eigenvalue weighted by Gasteiger charge is -2.05. The van der Waals surface area contributed by atoms with Crippen LogP contribution in [0.15, 0.2) is 12.2 Å². The third-order valence-electron chi connectivity index (χ3n) is 1.60. The maximum Gasteiger partial charge on any atom is 0.293 e. The highest BCUT2D eigenvalue weighted by molar-refractivity contribution is 5.98. The Kier molecular flexibility index (Phi) is 1.85. The van der Waals surface area contributed by atoms with Crippen molar-refractivity contribution in [3.05, 3.63) is 12.2 Å². The normalized spacial score (nSPS) is 25.0. The number of carbonyl (C=O) groups excluding carboxylic acids is 2. The molecule has 0 heterocycles. The second-order valence-electron chi connectivity index (χ2n) is 2.21. The van der Waals surface area contributed by atoms with E-state index in [1.54, 1.807) is 0 Å². The van der Waals surface area contributed by atoms with Gasteiger partial charge in [-0.25, -0.2) is 0 Å². The van der Waals surface area contributed by atoms with E-state index in [9.17, 15) is 9.59 Å². The molecule has 1 fully saturated rings. The lowest BCUT2D eigenvalue weighted by molar-refractivity contribution is -0.131. The molecule has 3 nitrogen and oxygen atoms in total. The van der Waals surface area contributed by atoms with E-state index in [0.717, 1.165) is 0 Å². The Labute approximate surface area is 58.7 Å². The largest absolute Gasteiger partial charge is 0.460 e. The maximum atomic E-state index is 10.8. The van der Waals surface area contributed by atoms with Crippen molar-refractivity contribution in [2.24, 2.45) is 0 Å². The van der Waals surface area contributed by atoms with E-state index in [0.29, 0.717) is 24.9 Å².